The summed E-state index contributed by atoms with van der Waals surface area (Å²) in [6, 6.07) is 5.17. The Kier molecular flexibility index (Phi) is 6.41. The van der Waals surface area contributed by atoms with Crippen molar-refractivity contribution in [2.75, 3.05) is 24.7 Å². The molecular weight excluding hydrogens is 346 g/mol. The van der Waals surface area contributed by atoms with Crippen molar-refractivity contribution >= 4 is 21.7 Å². The summed E-state index contributed by atoms with van der Waals surface area (Å²) in [6.45, 7) is 2.01. The average Bonchev–Trinajstić information content (AvgIpc) is 2.93. The lowest BCUT2D eigenvalue weighted by molar-refractivity contribution is -0.136. The molecule has 138 valence electrons. The van der Waals surface area contributed by atoms with Crippen molar-refractivity contribution in [1.29, 1.82) is 0 Å². The van der Waals surface area contributed by atoms with Crippen LogP contribution in [-0.2, 0) is 19.4 Å². The van der Waals surface area contributed by atoms with Gasteiger partial charge in [-0.1, -0.05) is 13.3 Å². The van der Waals surface area contributed by atoms with Crippen LogP contribution in [0.5, 0.6) is 5.75 Å². The number of unbranched alkanes of at least 4 members (excludes halogenated alkanes) is 1. The molecule has 1 atom stereocenters. The third-order valence-electron chi connectivity index (χ3n) is 4.15. The molecule has 7 nitrogen and oxygen atoms in total. The quantitative estimate of drug-likeness (QED) is 0.729. The van der Waals surface area contributed by atoms with Gasteiger partial charge in [0.15, 0.2) is 16.4 Å². The van der Waals surface area contributed by atoms with Crippen molar-refractivity contribution in [1.82, 2.24) is 4.90 Å². The van der Waals surface area contributed by atoms with Gasteiger partial charge in [-0.2, -0.15) is 0 Å². The van der Waals surface area contributed by atoms with Gasteiger partial charge in [0.25, 0.3) is 5.91 Å². The number of nitrogens with zero attached hydrogens (tertiary/aromatic N) is 1. The summed E-state index contributed by atoms with van der Waals surface area (Å²) in [7, 11) is -3.10. The Labute approximate surface area is 147 Å². The number of aromatic hydroxyl groups is 1. The SMILES string of the molecule is CCCCN(C(=O)COC(=O)c1ccc(O)cc1)[C@H]1CCS(=O)(=O)C1. The second-order valence-corrected chi connectivity index (χ2v) is 8.35. The number of phenolic OH excluding ortho intramolecular Hbond substituents is 1. The van der Waals surface area contributed by atoms with Gasteiger partial charge in [0.2, 0.25) is 0 Å². The van der Waals surface area contributed by atoms with Crippen LogP contribution in [0.3, 0.4) is 0 Å². The Morgan fingerprint density at radius 2 is 1.96 bits per heavy atom. The maximum absolute atomic E-state index is 12.5. The highest BCUT2D eigenvalue weighted by Gasteiger charge is 2.34. The first-order chi connectivity index (χ1) is 11.8. The molecule has 0 spiro atoms. The second-order valence-electron chi connectivity index (χ2n) is 6.12. The van der Waals surface area contributed by atoms with E-state index in [1.54, 1.807) is 0 Å². The van der Waals surface area contributed by atoms with E-state index in [1.807, 2.05) is 6.92 Å². The molecule has 25 heavy (non-hydrogen) atoms. The average molecular weight is 369 g/mol. The molecule has 0 aromatic heterocycles. The lowest BCUT2D eigenvalue weighted by atomic mass is 10.2. The van der Waals surface area contributed by atoms with E-state index in [0.717, 1.165) is 12.8 Å². The fourth-order valence-corrected chi connectivity index (χ4v) is 4.48. The zero-order valence-electron chi connectivity index (χ0n) is 14.2. The van der Waals surface area contributed by atoms with Crippen molar-refractivity contribution < 1.29 is 27.9 Å². The first kappa shape index (κ1) is 19.2. The Morgan fingerprint density at radius 1 is 1.28 bits per heavy atom. The van der Waals surface area contributed by atoms with Crippen molar-refractivity contribution in [2.24, 2.45) is 0 Å². The molecule has 1 heterocycles. The van der Waals surface area contributed by atoms with E-state index in [4.69, 9.17) is 4.74 Å². The summed E-state index contributed by atoms with van der Waals surface area (Å²) in [4.78, 5) is 25.9. The van der Waals surface area contributed by atoms with E-state index in [9.17, 15) is 23.1 Å². The summed E-state index contributed by atoms with van der Waals surface area (Å²) in [6.07, 6.45) is 2.05. The summed E-state index contributed by atoms with van der Waals surface area (Å²) < 4.78 is 28.4. The van der Waals surface area contributed by atoms with Crippen LogP contribution in [0, 0.1) is 0 Å². The van der Waals surface area contributed by atoms with Crippen LogP contribution >= 0.6 is 0 Å². The molecular formula is C17H23NO6S. The molecule has 0 radical (unpaired) electrons. The van der Waals surface area contributed by atoms with Crippen molar-refractivity contribution in [3.63, 3.8) is 0 Å². The molecule has 1 fully saturated rings. The van der Waals surface area contributed by atoms with Gasteiger partial charge in [-0.3, -0.25) is 4.79 Å². The van der Waals surface area contributed by atoms with Crippen LogP contribution in [0.15, 0.2) is 24.3 Å². The van der Waals surface area contributed by atoms with E-state index in [-0.39, 0.29) is 34.8 Å². The molecule has 1 N–H and O–H groups in total. The number of ether oxygens (including phenoxy) is 1. The molecule has 1 aliphatic rings. The lowest BCUT2D eigenvalue weighted by Crippen LogP contribution is -2.43. The molecule has 1 aromatic carbocycles. The number of benzene rings is 1. The minimum Gasteiger partial charge on any atom is -0.508 e. The van der Waals surface area contributed by atoms with Crippen molar-refractivity contribution in [2.45, 2.75) is 32.2 Å². The van der Waals surface area contributed by atoms with Gasteiger partial charge in [-0.25, -0.2) is 13.2 Å². The third kappa shape index (κ3) is 5.45. The van der Waals surface area contributed by atoms with Gasteiger partial charge in [0.05, 0.1) is 17.1 Å². The highest BCUT2D eigenvalue weighted by atomic mass is 32.2. The minimum absolute atomic E-state index is 0.0285. The van der Waals surface area contributed by atoms with Crippen LogP contribution in [0.2, 0.25) is 0 Å². The van der Waals surface area contributed by atoms with Crippen LogP contribution in [-0.4, -0.2) is 61.0 Å². The number of phenols is 1. The molecule has 0 bridgehead atoms. The largest absolute Gasteiger partial charge is 0.508 e. The number of carbonyl (C=O) groups is 2. The molecule has 1 aromatic rings. The number of carbonyl (C=O) groups excluding carboxylic acids is 2. The van der Waals surface area contributed by atoms with E-state index < -0.39 is 22.4 Å². The number of esters is 1. The summed E-state index contributed by atoms with van der Waals surface area (Å²) in [5.41, 5.74) is 0.231. The second kappa shape index (κ2) is 8.33. The Morgan fingerprint density at radius 3 is 2.52 bits per heavy atom. The fourth-order valence-electron chi connectivity index (χ4n) is 2.75. The predicted octanol–water partition coefficient (Wildman–Crippen LogP) is 1.36. The Hall–Kier alpha value is -2.09. The normalized spacial score (nSPS) is 18.7. The molecule has 0 aliphatic carbocycles. The Balaban J connectivity index is 1.96. The predicted molar refractivity (Wildman–Crippen MR) is 92.1 cm³/mol. The van der Waals surface area contributed by atoms with Gasteiger partial charge in [0, 0.05) is 12.6 Å². The maximum Gasteiger partial charge on any atom is 0.338 e. The third-order valence-corrected chi connectivity index (χ3v) is 5.90. The lowest BCUT2D eigenvalue weighted by Gasteiger charge is -2.28. The monoisotopic (exact) mass is 369 g/mol. The zero-order chi connectivity index (χ0) is 18.4. The van der Waals surface area contributed by atoms with E-state index in [0.29, 0.717) is 13.0 Å². The van der Waals surface area contributed by atoms with Crippen LogP contribution in [0.4, 0.5) is 0 Å². The maximum atomic E-state index is 12.5. The molecule has 1 saturated heterocycles. The number of amides is 1. The van der Waals surface area contributed by atoms with Crippen LogP contribution in [0.25, 0.3) is 0 Å². The van der Waals surface area contributed by atoms with Crippen molar-refractivity contribution in [3.8, 4) is 5.75 Å². The first-order valence-corrected chi connectivity index (χ1v) is 10.1. The first-order valence-electron chi connectivity index (χ1n) is 8.28. The summed E-state index contributed by atoms with van der Waals surface area (Å²) in [5, 5.41) is 9.21. The number of hydrogen-bond donors (Lipinski definition) is 1. The smallest absolute Gasteiger partial charge is 0.338 e. The minimum atomic E-state index is -3.10. The summed E-state index contributed by atoms with van der Waals surface area (Å²) in [5.74, 6) is -0.971. The summed E-state index contributed by atoms with van der Waals surface area (Å²) >= 11 is 0. The fraction of sp³-hybridized carbons (Fsp3) is 0.529. The highest BCUT2D eigenvalue weighted by Crippen LogP contribution is 2.19. The van der Waals surface area contributed by atoms with Gasteiger partial charge in [-0.15, -0.1) is 0 Å². The van der Waals surface area contributed by atoms with Crippen LogP contribution in [0.1, 0.15) is 36.5 Å². The zero-order valence-corrected chi connectivity index (χ0v) is 15.0. The Bertz CT molecular complexity index is 713. The number of rotatable bonds is 7. The highest BCUT2D eigenvalue weighted by molar-refractivity contribution is 7.91. The molecule has 8 heteroatoms. The molecule has 0 saturated carbocycles. The molecule has 0 unspecified atom stereocenters. The standard InChI is InChI=1S/C17H23NO6S/c1-2-3-9-18(14-8-10-25(22,23)12-14)16(20)11-24-17(21)13-4-6-15(19)7-5-13/h4-7,14,19H,2-3,8-12H2,1H3/t14-/m0/s1. The number of sulfone groups is 1. The van der Waals surface area contributed by atoms with Gasteiger partial charge >= 0.3 is 5.97 Å². The van der Waals surface area contributed by atoms with Crippen molar-refractivity contribution in [3.05, 3.63) is 29.8 Å². The van der Waals surface area contributed by atoms with Gasteiger partial charge in [-0.05, 0) is 37.1 Å². The molecule has 1 amide bonds. The van der Waals surface area contributed by atoms with Crippen LogP contribution < -0.4 is 0 Å². The number of hydrogen-bond acceptors (Lipinski definition) is 6. The van der Waals surface area contributed by atoms with E-state index in [2.05, 4.69) is 0 Å². The van der Waals surface area contributed by atoms with E-state index >= 15 is 0 Å². The molecule has 1 aliphatic heterocycles. The van der Waals surface area contributed by atoms with Gasteiger partial charge in [0.1, 0.15) is 5.75 Å². The topological polar surface area (TPSA) is 101 Å². The molecule has 2 rings (SSSR count). The van der Waals surface area contributed by atoms with Gasteiger partial charge < -0.3 is 14.7 Å². The van der Waals surface area contributed by atoms with E-state index in [1.165, 1.54) is 29.2 Å².